The topological polar surface area (TPSA) is 71.5 Å². The van der Waals surface area contributed by atoms with E-state index in [1.165, 1.54) is 22.7 Å². The molecule has 1 amide bonds. The number of thiophene rings is 1. The van der Waals surface area contributed by atoms with Crippen molar-refractivity contribution in [1.29, 1.82) is 0 Å². The number of halogens is 1. The first-order valence-electron chi connectivity index (χ1n) is 6.80. The van der Waals surface area contributed by atoms with Gasteiger partial charge in [0, 0.05) is 12.0 Å². The van der Waals surface area contributed by atoms with E-state index in [-0.39, 0.29) is 18.9 Å². The van der Waals surface area contributed by atoms with Crippen LogP contribution in [0.15, 0.2) is 17.5 Å². The SMILES string of the molecule is O=C(Cc1csc(-c2ccc(Cl)s2)n1)NC1(CO)CCOC1. The number of hydrogen-bond donors (Lipinski definition) is 2. The molecule has 2 aromatic heterocycles. The highest BCUT2D eigenvalue weighted by Crippen LogP contribution is 2.33. The molecule has 22 heavy (non-hydrogen) atoms. The first-order chi connectivity index (χ1) is 10.6. The summed E-state index contributed by atoms with van der Waals surface area (Å²) in [6, 6.07) is 3.76. The zero-order chi connectivity index (χ0) is 15.6. The molecule has 1 saturated heterocycles. The van der Waals surface area contributed by atoms with Crippen LogP contribution in [0.5, 0.6) is 0 Å². The molecule has 3 heterocycles. The lowest BCUT2D eigenvalue weighted by Gasteiger charge is -2.26. The van der Waals surface area contributed by atoms with Gasteiger partial charge in [-0.3, -0.25) is 4.79 Å². The predicted molar refractivity (Wildman–Crippen MR) is 87.5 cm³/mol. The Labute approximate surface area is 140 Å². The smallest absolute Gasteiger partial charge is 0.226 e. The number of rotatable bonds is 5. The molecule has 118 valence electrons. The fraction of sp³-hybridized carbons (Fsp3) is 0.429. The van der Waals surface area contributed by atoms with E-state index in [0.29, 0.717) is 25.3 Å². The number of aliphatic hydroxyl groups excluding tert-OH is 1. The number of carbonyl (C=O) groups excluding carboxylic acids is 1. The van der Waals surface area contributed by atoms with Gasteiger partial charge in [0.05, 0.1) is 40.1 Å². The average Bonchev–Trinajstić information content (AvgIpc) is 3.20. The van der Waals surface area contributed by atoms with Crippen LogP contribution in [0.1, 0.15) is 12.1 Å². The van der Waals surface area contributed by atoms with Gasteiger partial charge < -0.3 is 15.2 Å². The van der Waals surface area contributed by atoms with Crippen molar-refractivity contribution in [2.75, 3.05) is 19.8 Å². The Morgan fingerprint density at radius 2 is 2.41 bits per heavy atom. The van der Waals surface area contributed by atoms with Crippen molar-refractivity contribution in [3.05, 3.63) is 27.5 Å². The maximum Gasteiger partial charge on any atom is 0.226 e. The molecule has 1 aliphatic heterocycles. The fourth-order valence-corrected chi connectivity index (χ4v) is 4.24. The highest BCUT2D eigenvalue weighted by Gasteiger charge is 2.35. The number of hydrogen-bond acceptors (Lipinski definition) is 6. The van der Waals surface area contributed by atoms with Crippen molar-refractivity contribution in [2.45, 2.75) is 18.4 Å². The number of amides is 1. The number of aromatic nitrogens is 1. The summed E-state index contributed by atoms with van der Waals surface area (Å²) in [5, 5.41) is 15.1. The van der Waals surface area contributed by atoms with Crippen molar-refractivity contribution in [3.8, 4) is 9.88 Å². The van der Waals surface area contributed by atoms with Crippen LogP contribution in [-0.2, 0) is 16.0 Å². The van der Waals surface area contributed by atoms with Gasteiger partial charge in [0.15, 0.2) is 0 Å². The molecule has 8 heteroatoms. The van der Waals surface area contributed by atoms with Crippen molar-refractivity contribution in [3.63, 3.8) is 0 Å². The van der Waals surface area contributed by atoms with Gasteiger partial charge in [0.1, 0.15) is 5.01 Å². The fourth-order valence-electron chi connectivity index (χ4n) is 2.31. The third-order valence-electron chi connectivity index (χ3n) is 3.49. The Morgan fingerprint density at radius 3 is 3.05 bits per heavy atom. The van der Waals surface area contributed by atoms with Crippen LogP contribution in [0, 0.1) is 0 Å². The summed E-state index contributed by atoms with van der Waals surface area (Å²) in [4.78, 5) is 17.6. The quantitative estimate of drug-likeness (QED) is 0.860. The second-order valence-corrected chi connectivity index (χ2v) is 7.79. The van der Waals surface area contributed by atoms with E-state index in [1.807, 2.05) is 17.5 Å². The zero-order valence-electron chi connectivity index (χ0n) is 11.7. The van der Waals surface area contributed by atoms with Gasteiger partial charge in [-0.15, -0.1) is 22.7 Å². The summed E-state index contributed by atoms with van der Waals surface area (Å²) in [6.07, 6.45) is 0.822. The van der Waals surface area contributed by atoms with Crippen LogP contribution in [0.3, 0.4) is 0 Å². The predicted octanol–water partition coefficient (Wildman–Crippen LogP) is 2.34. The third kappa shape index (κ3) is 3.49. The Hall–Kier alpha value is -0.990. The summed E-state index contributed by atoms with van der Waals surface area (Å²) in [5.41, 5.74) is 0.0750. The summed E-state index contributed by atoms with van der Waals surface area (Å²) in [7, 11) is 0. The normalized spacial score (nSPS) is 21.2. The van der Waals surface area contributed by atoms with E-state index in [4.69, 9.17) is 16.3 Å². The minimum absolute atomic E-state index is 0.116. The molecular weight excluding hydrogens is 344 g/mol. The molecular formula is C14H15ClN2O3S2. The molecule has 0 bridgehead atoms. The first kappa shape index (κ1) is 15.9. The monoisotopic (exact) mass is 358 g/mol. The average molecular weight is 359 g/mol. The number of thiazole rings is 1. The molecule has 2 aromatic rings. The number of nitrogens with one attached hydrogen (secondary N) is 1. The van der Waals surface area contributed by atoms with Crippen LogP contribution < -0.4 is 5.32 Å². The highest BCUT2D eigenvalue weighted by molar-refractivity contribution is 7.23. The Morgan fingerprint density at radius 1 is 1.55 bits per heavy atom. The van der Waals surface area contributed by atoms with E-state index in [2.05, 4.69) is 10.3 Å². The molecule has 0 saturated carbocycles. The van der Waals surface area contributed by atoms with Crippen molar-refractivity contribution >= 4 is 40.2 Å². The standard InChI is InChI=1S/C14H15ClN2O3S2/c15-11-2-1-10(22-11)13-16-9(6-21-13)5-12(19)17-14(7-18)3-4-20-8-14/h1-2,6,18H,3-5,7-8H2,(H,17,19). The Balaban J connectivity index is 1.63. The molecule has 0 aliphatic carbocycles. The number of carbonyl (C=O) groups is 1. The van der Waals surface area contributed by atoms with Crippen LogP contribution in [0.2, 0.25) is 4.34 Å². The summed E-state index contributed by atoms with van der Waals surface area (Å²) in [5.74, 6) is -0.152. The van der Waals surface area contributed by atoms with E-state index in [9.17, 15) is 9.90 Å². The third-order valence-corrected chi connectivity index (χ3v) is 5.78. The van der Waals surface area contributed by atoms with Gasteiger partial charge in [-0.1, -0.05) is 11.6 Å². The molecule has 3 rings (SSSR count). The van der Waals surface area contributed by atoms with Gasteiger partial charge in [-0.25, -0.2) is 4.98 Å². The zero-order valence-corrected chi connectivity index (χ0v) is 14.1. The van der Waals surface area contributed by atoms with E-state index >= 15 is 0 Å². The maximum atomic E-state index is 12.2. The van der Waals surface area contributed by atoms with Gasteiger partial charge in [-0.2, -0.15) is 0 Å². The summed E-state index contributed by atoms with van der Waals surface area (Å²) in [6.45, 7) is 0.792. The first-order valence-corrected chi connectivity index (χ1v) is 8.87. The number of nitrogens with zero attached hydrogens (tertiary/aromatic N) is 1. The molecule has 1 aliphatic rings. The van der Waals surface area contributed by atoms with Gasteiger partial charge in [-0.05, 0) is 18.6 Å². The molecule has 1 fully saturated rings. The molecule has 1 atom stereocenters. The Kier molecular flexibility index (Phi) is 4.79. The number of ether oxygens (including phenoxy) is 1. The van der Waals surface area contributed by atoms with E-state index in [1.54, 1.807) is 0 Å². The van der Waals surface area contributed by atoms with Crippen molar-refractivity contribution in [1.82, 2.24) is 10.3 Å². The Bertz CT molecular complexity index is 665. The summed E-state index contributed by atoms with van der Waals surface area (Å²) < 4.78 is 5.99. The van der Waals surface area contributed by atoms with Gasteiger partial charge in [0.25, 0.3) is 0 Å². The van der Waals surface area contributed by atoms with Crippen LogP contribution in [0.4, 0.5) is 0 Å². The van der Waals surface area contributed by atoms with Gasteiger partial charge >= 0.3 is 0 Å². The van der Waals surface area contributed by atoms with Crippen LogP contribution in [0.25, 0.3) is 9.88 Å². The lowest BCUT2D eigenvalue weighted by molar-refractivity contribution is -0.123. The lowest BCUT2D eigenvalue weighted by Crippen LogP contribution is -2.52. The molecule has 2 N–H and O–H groups in total. The second-order valence-electron chi connectivity index (χ2n) is 5.21. The molecule has 5 nitrogen and oxygen atoms in total. The summed E-state index contributed by atoms with van der Waals surface area (Å²) >= 11 is 8.88. The molecule has 1 unspecified atom stereocenters. The highest BCUT2D eigenvalue weighted by atomic mass is 35.5. The molecule has 0 aromatic carbocycles. The van der Waals surface area contributed by atoms with E-state index < -0.39 is 5.54 Å². The van der Waals surface area contributed by atoms with Crippen LogP contribution in [-0.4, -0.2) is 41.4 Å². The molecule has 0 radical (unpaired) electrons. The number of aliphatic hydroxyl groups is 1. The lowest BCUT2D eigenvalue weighted by atomic mass is 10.00. The minimum Gasteiger partial charge on any atom is -0.394 e. The molecule has 0 spiro atoms. The van der Waals surface area contributed by atoms with Crippen LogP contribution >= 0.6 is 34.3 Å². The van der Waals surface area contributed by atoms with E-state index in [0.717, 1.165) is 14.2 Å². The maximum absolute atomic E-state index is 12.2. The van der Waals surface area contributed by atoms with Crippen molar-refractivity contribution < 1.29 is 14.6 Å². The minimum atomic E-state index is -0.642. The van der Waals surface area contributed by atoms with Gasteiger partial charge in [0.2, 0.25) is 5.91 Å². The largest absolute Gasteiger partial charge is 0.394 e. The second kappa shape index (κ2) is 6.64. The van der Waals surface area contributed by atoms with Crippen molar-refractivity contribution in [2.24, 2.45) is 0 Å².